The number of halogens is 4. The van der Waals surface area contributed by atoms with Crippen LogP contribution < -0.4 is 4.74 Å². The van der Waals surface area contributed by atoms with E-state index in [-0.39, 0.29) is 22.1 Å². The van der Waals surface area contributed by atoms with Gasteiger partial charge >= 0.3 is 5.97 Å². The molecule has 1 N–H and O–H groups in total. The van der Waals surface area contributed by atoms with Crippen molar-refractivity contribution < 1.29 is 28.2 Å². The van der Waals surface area contributed by atoms with Crippen molar-refractivity contribution in [2.75, 3.05) is 6.61 Å². The molecular formula is C28H24BrClF2O4. The fraction of sp³-hybridized carbons (Fsp3) is 0.250. The molecule has 0 radical (unpaired) electrons. The van der Waals surface area contributed by atoms with Gasteiger partial charge in [-0.3, -0.25) is 0 Å². The largest absolute Gasteiger partial charge is 0.480 e. The highest BCUT2D eigenvalue weighted by Crippen LogP contribution is 2.54. The van der Waals surface area contributed by atoms with E-state index in [9.17, 15) is 13.6 Å². The van der Waals surface area contributed by atoms with Gasteiger partial charge in [-0.15, -0.1) is 0 Å². The molecule has 1 aliphatic heterocycles. The third-order valence-corrected chi connectivity index (χ3v) is 7.26. The van der Waals surface area contributed by atoms with Crippen LogP contribution in [0.4, 0.5) is 8.78 Å². The fourth-order valence-corrected chi connectivity index (χ4v) is 5.59. The number of carboxylic acids is 1. The molecule has 1 heterocycles. The van der Waals surface area contributed by atoms with Crippen LogP contribution in [0.25, 0.3) is 0 Å². The molecule has 4 rings (SSSR count). The second-order valence-corrected chi connectivity index (χ2v) is 10.1. The Morgan fingerprint density at radius 2 is 1.86 bits per heavy atom. The van der Waals surface area contributed by atoms with Crippen molar-refractivity contribution in [3.63, 3.8) is 0 Å². The van der Waals surface area contributed by atoms with E-state index in [0.717, 1.165) is 11.1 Å². The molecule has 3 aromatic rings. The van der Waals surface area contributed by atoms with Crippen LogP contribution in [-0.2, 0) is 9.53 Å². The minimum atomic E-state index is -1.17. The Morgan fingerprint density at radius 3 is 2.53 bits per heavy atom. The van der Waals surface area contributed by atoms with Crippen LogP contribution in [0.2, 0.25) is 5.02 Å². The molecule has 0 unspecified atom stereocenters. The second kappa shape index (κ2) is 11.1. The number of aliphatic carboxylic acids is 1. The first-order chi connectivity index (χ1) is 17.2. The summed E-state index contributed by atoms with van der Waals surface area (Å²) in [5.41, 5.74) is 2.59. The van der Waals surface area contributed by atoms with Crippen molar-refractivity contribution in [2.24, 2.45) is 5.92 Å². The molecule has 0 aromatic heterocycles. The van der Waals surface area contributed by atoms with Gasteiger partial charge in [0.05, 0.1) is 16.7 Å². The van der Waals surface area contributed by atoms with Crippen LogP contribution in [0.1, 0.15) is 48.2 Å². The molecule has 3 aromatic carbocycles. The number of hydrogen-bond acceptors (Lipinski definition) is 3. The molecule has 0 saturated carbocycles. The van der Waals surface area contributed by atoms with Crippen molar-refractivity contribution in [1.82, 2.24) is 0 Å². The first-order valence-corrected chi connectivity index (χ1v) is 12.5. The lowest BCUT2D eigenvalue weighted by molar-refractivity contribution is -0.139. The van der Waals surface area contributed by atoms with Gasteiger partial charge in [-0.2, -0.15) is 0 Å². The molecule has 8 heteroatoms. The average molecular weight is 578 g/mol. The number of ether oxygens (including phenoxy) is 2. The van der Waals surface area contributed by atoms with E-state index in [0.29, 0.717) is 22.6 Å². The summed E-state index contributed by atoms with van der Waals surface area (Å²) in [6.07, 6.45) is -0.849. The second-order valence-electron chi connectivity index (χ2n) is 8.84. The Balaban J connectivity index is 1.86. The molecule has 0 spiro atoms. The molecule has 36 heavy (non-hydrogen) atoms. The summed E-state index contributed by atoms with van der Waals surface area (Å²) in [7, 11) is 0. The molecule has 4 atom stereocenters. The Labute approximate surface area is 221 Å². The van der Waals surface area contributed by atoms with Crippen LogP contribution in [0.3, 0.4) is 0 Å². The first kappa shape index (κ1) is 26.3. The van der Waals surface area contributed by atoms with Gasteiger partial charge < -0.3 is 14.6 Å². The van der Waals surface area contributed by atoms with E-state index in [1.165, 1.54) is 24.3 Å². The molecule has 0 aliphatic carbocycles. The topological polar surface area (TPSA) is 55.8 Å². The van der Waals surface area contributed by atoms with E-state index < -0.39 is 36.4 Å². The lowest BCUT2D eigenvalue weighted by Gasteiger charge is -2.43. The van der Waals surface area contributed by atoms with Gasteiger partial charge in [-0.25, -0.2) is 13.6 Å². The third-order valence-electron chi connectivity index (χ3n) is 6.33. The Kier molecular flexibility index (Phi) is 8.13. The summed E-state index contributed by atoms with van der Waals surface area (Å²) in [5, 5.41) is 9.72. The smallest absolute Gasteiger partial charge is 0.341 e. The Morgan fingerprint density at radius 1 is 1.11 bits per heavy atom. The number of rotatable bonds is 7. The lowest BCUT2D eigenvalue weighted by atomic mass is 9.74. The number of benzene rings is 3. The van der Waals surface area contributed by atoms with Crippen LogP contribution in [0, 0.1) is 17.6 Å². The quantitative estimate of drug-likeness (QED) is 0.289. The summed E-state index contributed by atoms with van der Waals surface area (Å²) in [4.78, 5) is 11.2. The molecule has 188 valence electrons. The van der Waals surface area contributed by atoms with Gasteiger partial charge in [-0.05, 0) is 70.7 Å². The standard InChI is InChI=1S/C28H24BrClF2O4/c1-15(2)20-13-21(19-8-3-4-9-24(19)30)26(16-6-5-7-17(31)10-16)36-27(20)22-11-18(32)12-23(29)28(22)35-14-25(33)34/h3-12,20-21,26-27H,1,13-14H2,2H3,(H,33,34)/t20-,21-,26+,27+/m1/s1. The number of carboxylic acid groups (broad SMARTS) is 1. The van der Waals surface area contributed by atoms with Crippen molar-refractivity contribution in [3.05, 3.63) is 111 Å². The van der Waals surface area contributed by atoms with Gasteiger partial charge in [0.1, 0.15) is 17.4 Å². The zero-order valence-corrected chi connectivity index (χ0v) is 21.7. The first-order valence-electron chi connectivity index (χ1n) is 11.3. The van der Waals surface area contributed by atoms with E-state index in [2.05, 4.69) is 22.5 Å². The molecule has 1 aliphatic rings. The number of hydrogen-bond donors (Lipinski definition) is 1. The highest BCUT2D eigenvalue weighted by molar-refractivity contribution is 9.10. The predicted molar refractivity (Wildman–Crippen MR) is 137 cm³/mol. The molecular weight excluding hydrogens is 554 g/mol. The predicted octanol–water partition coefficient (Wildman–Crippen LogP) is 8.02. The average Bonchev–Trinajstić information content (AvgIpc) is 2.82. The van der Waals surface area contributed by atoms with E-state index in [1.807, 2.05) is 25.1 Å². The minimum absolute atomic E-state index is 0.171. The SMILES string of the molecule is C=C(C)[C@H]1C[C@H](c2ccccc2Cl)[C@H](c2cccc(F)c2)O[C@@H]1c1cc(F)cc(Br)c1OCC(=O)O. The van der Waals surface area contributed by atoms with Gasteiger partial charge in [0.25, 0.3) is 0 Å². The van der Waals surface area contributed by atoms with E-state index >= 15 is 0 Å². The molecule has 1 fully saturated rings. The van der Waals surface area contributed by atoms with E-state index in [1.54, 1.807) is 18.2 Å². The maximum atomic E-state index is 14.6. The molecule has 0 amide bonds. The summed E-state index contributed by atoms with van der Waals surface area (Å²) < 4.78 is 41.4. The van der Waals surface area contributed by atoms with Gasteiger partial charge in [0.15, 0.2) is 6.61 Å². The van der Waals surface area contributed by atoms with Crippen LogP contribution in [0.15, 0.2) is 77.3 Å². The zero-order chi connectivity index (χ0) is 26.0. The van der Waals surface area contributed by atoms with Gasteiger partial charge in [0.2, 0.25) is 0 Å². The lowest BCUT2D eigenvalue weighted by Crippen LogP contribution is -2.32. The summed E-state index contributed by atoms with van der Waals surface area (Å²) in [5.74, 6) is -2.50. The normalized spacial score (nSPS) is 21.7. The monoisotopic (exact) mass is 576 g/mol. The summed E-state index contributed by atoms with van der Waals surface area (Å²) in [6.45, 7) is 5.40. The maximum Gasteiger partial charge on any atom is 0.341 e. The van der Waals surface area contributed by atoms with Crippen LogP contribution in [-0.4, -0.2) is 17.7 Å². The highest BCUT2D eigenvalue weighted by Gasteiger charge is 2.42. The maximum absolute atomic E-state index is 14.6. The van der Waals surface area contributed by atoms with Crippen molar-refractivity contribution in [1.29, 1.82) is 0 Å². The molecule has 1 saturated heterocycles. The summed E-state index contributed by atoms with van der Waals surface area (Å²) >= 11 is 9.87. The minimum Gasteiger partial charge on any atom is -0.480 e. The Hall–Kier alpha value is -2.74. The van der Waals surface area contributed by atoms with Crippen LogP contribution in [0.5, 0.6) is 5.75 Å². The molecule has 4 nitrogen and oxygen atoms in total. The fourth-order valence-electron chi connectivity index (χ4n) is 4.76. The van der Waals surface area contributed by atoms with Crippen molar-refractivity contribution >= 4 is 33.5 Å². The highest BCUT2D eigenvalue weighted by atomic mass is 79.9. The Bertz CT molecular complexity index is 1300. The molecule has 0 bridgehead atoms. The van der Waals surface area contributed by atoms with Gasteiger partial charge in [0, 0.05) is 22.4 Å². The third kappa shape index (κ3) is 5.64. The van der Waals surface area contributed by atoms with E-state index in [4.69, 9.17) is 26.2 Å². The van der Waals surface area contributed by atoms with Crippen molar-refractivity contribution in [2.45, 2.75) is 31.5 Å². The summed E-state index contributed by atoms with van der Waals surface area (Å²) in [6, 6.07) is 16.1. The number of carbonyl (C=O) groups is 1. The van der Waals surface area contributed by atoms with Gasteiger partial charge in [-0.1, -0.05) is 54.1 Å². The van der Waals surface area contributed by atoms with Crippen LogP contribution >= 0.6 is 27.5 Å². The zero-order valence-electron chi connectivity index (χ0n) is 19.4. The van der Waals surface area contributed by atoms with Crippen molar-refractivity contribution in [3.8, 4) is 5.75 Å².